The largest absolute Gasteiger partial charge is 0.493 e. The van der Waals surface area contributed by atoms with Gasteiger partial charge in [-0.2, -0.15) is 0 Å². The van der Waals surface area contributed by atoms with Gasteiger partial charge in [0, 0.05) is 12.1 Å². The van der Waals surface area contributed by atoms with Crippen molar-refractivity contribution in [1.29, 1.82) is 0 Å². The molecule has 1 N–H and O–H groups in total. The molecule has 7 heteroatoms. The minimum absolute atomic E-state index is 0.160. The summed E-state index contributed by atoms with van der Waals surface area (Å²) in [6, 6.07) is 13.3. The highest BCUT2D eigenvalue weighted by Crippen LogP contribution is 2.35. The average molecular weight is 377 g/mol. The molecule has 0 atom stereocenters. The minimum atomic E-state index is -0.233. The van der Waals surface area contributed by atoms with E-state index in [1.54, 1.807) is 12.1 Å². The predicted molar refractivity (Wildman–Crippen MR) is 101 cm³/mol. The molecular weight excluding hydrogens is 356 g/mol. The topological polar surface area (TPSA) is 69.2 Å². The first-order chi connectivity index (χ1) is 12.6. The lowest BCUT2D eigenvalue weighted by molar-refractivity contribution is -0.125. The lowest BCUT2D eigenvalue weighted by Crippen LogP contribution is -2.28. The van der Waals surface area contributed by atoms with E-state index >= 15 is 0 Å². The molecule has 0 spiro atoms. The lowest BCUT2D eigenvalue weighted by Gasteiger charge is -2.09. The fourth-order valence-electron chi connectivity index (χ4n) is 2.25. The molecule has 0 saturated heterocycles. The Bertz CT molecular complexity index is 751. The van der Waals surface area contributed by atoms with Gasteiger partial charge in [0.15, 0.2) is 18.1 Å². The number of carbonyl (C=O) groups is 1. The highest BCUT2D eigenvalue weighted by molar-refractivity contribution is 6.32. The number of methoxy groups -OCH3 is 2. The van der Waals surface area contributed by atoms with Crippen LogP contribution in [0.3, 0.4) is 0 Å². The number of carbonyl (C=O) groups excluding carboxylic acids is 1. The van der Waals surface area contributed by atoms with Gasteiger partial charge >= 0.3 is 0 Å². The van der Waals surface area contributed by atoms with Gasteiger partial charge in [-0.05, 0) is 24.1 Å². The second-order valence-corrected chi connectivity index (χ2v) is 5.74. The second kappa shape index (κ2) is 10.3. The Morgan fingerprint density at radius 1 is 1.19 bits per heavy atom. The number of hydrogen-bond donors (Lipinski definition) is 1. The highest BCUT2D eigenvalue weighted by atomic mass is 35.5. The fourth-order valence-corrected chi connectivity index (χ4v) is 2.54. The molecule has 2 aromatic carbocycles. The van der Waals surface area contributed by atoms with Crippen LogP contribution < -0.4 is 14.8 Å². The van der Waals surface area contributed by atoms with Crippen LogP contribution in [0.5, 0.6) is 11.5 Å². The van der Waals surface area contributed by atoms with E-state index in [2.05, 4.69) is 10.5 Å². The summed E-state index contributed by atoms with van der Waals surface area (Å²) < 4.78 is 10.4. The molecule has 0 fully saturated rings. The van der Waals surface area contributed by atoms with Crippen LogP contribution in [0.2, 0.25) is 5.02 Å². The molecule has 26 heavy (non-hydrogen) atoms. The molecule has 0 radical (unpaired) electrons. The Kier molecular flexibility index (Phi) is 7.76. The summed E-state index contributed by atoms with van der Waals surface area (Å²) >= 11 is 6.11. The summed E-state index contributed by atoms with van der Waals surface area (Å²) in [6.07, 6.45) is 2.21. The van der Waals surface area contributed by atoms with Crippen LogP contribution in [-0.2, 0) is 16.1 Å². The molecule has 138 valence electrons. The van der Waals surface area contributed by atoms with E-state index in [1.807, 2.05) is 30.3 Å². The van der Waals surface area contributed by atoms with Crippen LogP contribution in [0.15, 0.2) is 47.6 Å². The summed E-state index contributed by atoms with van der Waals surface area (Å²) in [5, 5.41) is 6.95. The Hall–Kier alpha value is -2.73. The van der Waals surface area contributed by atoms with Gasteiger partial charge in [-0.25, -0.2) is 0 Å². The maximum Gasteiger partial charge on any atom is 0.260 e. The highest BCUT2D eigenvalue weighted by Gasteiger charge is 2.10. The molecule has 6 nitrogen and oxygen atoms in total. The fraction of sp³-hybridized carbons (Fsp3) is 0.263. The maximum atomic E-state index is 11.7. The molecule has 0 bridgehead atoms. The third kappa shape index (κ3) is 5.97. The summed E-state index contributed by atoms with van der Waals surface area (Å²) in [7, 11) is 3.03. The van der Waals surface area contributed by atoms with Crippen molar-refractivity contribution in [3.8, 4) is 11.5 Å². The maximum absolute atomic E-state index is 11.7. The van der Waals surface area contributed by atoms with Gasteiger partial charge in [0.25, 0.3) is 5.91 Å². The van der Waals surface area contributed by atoms with Crippen LogP contribution in [-0.4, -0.2) is 39.5 Å². The van der Waals surface area contributed by atoms with Crippen molar-refractivity contribution in [2.24, 2.45) is 5.16 Å². The zero-order chi connectivity index (χ0) is 18.8. The molecule has 0 heterocycles. The Morgan fingerprint density at radius 3 is 2.65 bits per heavy atom. The number of nitrogens with zero attached hydrogens (tertiary/aromatic N) is 1. The SMILES string of the molecule is COc1cc(/C=N/OCC(=O)NCCc2ccccc2)cc(Cl)c1OC. The summed E-state index contributed by atoms with van der Waals surface area (Å²) in [5.41, 5.74) is 1.83. The molecular formula is C19H21ClN2O4. The number of hydrogen-bond acceptors (Lipinski definition) is 5. The minimum Gasteiger partial charge on any atom is -0.493 e. The predicted octanol–water partition coefficient (Wildman–Crippen LogP) is 3.07. The third-order valence-corrected chi connectivity index (χ3v) is 3.79. The number of benzene rings is 2. The van der Waals surface area contributed by atoms with Gasteiger partial charge in [0.1, 0.15) is 0 Å². The van der Waals surface area contributed by atoms with Crippen molar-refractivity contribution >= 4 is 23.7 Å². The van der Waals surface area contributed by atoms with Crippen molar-refractivity contribution in [1.82, 2.24) is 5.32 Å². The zero-order valence-electron chi connectivity index (χ0n) is 14.7. The number of oxime groups is 1. The first kappa shape index (κ1) is 19.6. The number of halogens is 1. The van der Waals surface area contributed by atoms with Crippen molar-refractivity contribution < 1.29 is 19.1 Å². The number of nitrogens with one attached hydrogen (secondary N) is 1. The van der Waals surface area contributed by atoms with Crippen molar-refractivity contribution in [3.05, 3.63) is 58.6 Å². The Balaban J connectivity index is 1.76. The van der Waals surface area contributed by atoms with Gasteiger partial charge in [-0.15, -0.1) is 0 Å². The molecule has 0 saturated carbocycles. The Morgan fingerprint density at radius 2 is 1.96 bits per heavy atom. The molecule has 0 aliphatic rings. The smallest absolute Gasteiger partial charge is 0.260 e. The zero-order valence-corrected chi connectivity index (χ0v) is 15.5. The summed E-state index contributed by atoms with van der Waals surface area (Å²) in [5.74, 6) is 0.702. The van der Waals surface area contributed by atoms with Crippen LogP contribution in [0.4, 0.5) is 0 Å². The van der Waals surface area contributed by atoms with Gasteiger partial charge in [0.2, 0.25) is 0 Å². The molecule has 2 aromatic rings. The summed E-state index contributed by atoms with van der Waals surface area (Å²) in [4.78, 5) is 16.7. The van der Waals surface area contributed by atoms with E-state index in [9.17, 15) is 4.79 Å². The second-order valence-electron chi connectivity index (χ2n) is 5.33. The van der Waals surface area contributed by atoms with Crippen molar-refractivity contribution in [3.63, 3.8) is 0 Å². The van der Waals surface area contributed by atoms with E-state index in [0.29, 0.717) is 28.6 Å². The number of amides is 1. The van der Waals surface area contributed by atoms with E-state index in [1.165, 1.54) is 20.4 Å². The van der Waals surface area contributed by atoms with Crippen LogP contribution in [0.1, 0.15) is 11.1 Å². The molecule has 2 rings (SSSR count). The lowest BCUT2D eigenvalue weighted by atomic mass is 10.1. The van der Waals surface area contributed by atoms with Crippen LogP contribution >= 0.6 is 11.6 Å². The quantitative estimate of drug-likeness (QED) is 0.539. The summed E-state index contributed by atoms with van der Waals surface area (Å²) in [6.45, 7) is 0.382. The van der Waals surface area contributed by atoms with Gasteiger partial charge in [0.05, 0.1) is 25.5 Å². The van der Waals surface area contributed by atoms with Crippen LogP contribution in [0.25, 0.3) is 0 Å². The van der Waals surface area contributed by atoms with Crippen molar-refractivity contribution in [2.75, 3.05) is 27.4 Å². The van der Waals surface area contributed by atoms with Gasteiger partial charge in [-0.1, -0.05) is 47.1 Å². The van der Waals surface area contributed by atoms with E-state index in [0.717, 1.165) is 12.0 Å². The Labute approximate surface area is 157 Å². The molecule has 0 aromatic heterocycles. The third-order valence-electron chi connectivity index (χ3n) is 3.51. The molecule has 1 amide bonds. The molecule has 0 aliphatic carbocycles. The first-order valence-corrected chi connectivity index (χ1v) is 8.39. The first-order valence-electron chi connectivity index (χ1n) is 8.01. The van der Waals surface area contributed by atoms with Gasteiger partial charge < -0.3 is 19.6 Å². The monoisotopic (exact) mass is 376 g/mol. The average Bonchev–Trinajstić information content (AvgIpc) is 2.65. The normalized spacial score (nSPS) is 10.6. The van der Waals surface area contributed by atoms with E-state index < -0.39 is 0 Å². The molecule has 0 unspecified atom stereocenters. The number of rotatable bonds is 9. The number of ether oxygens (including phenoxy) is 2. The molecule has 0 aliphatic heterocycles. The van der Waals surface area contributed by atoms with Crippen LogP contribution in [0, 0.1) is 0 Å². The standard InChI is InChI=1S/C19H21ClN2O4/c1-24-17-11-15(10-16(20)19(17)25-2)12-22-26-13-18(23)21-9-8-14-6-4-3-5-7-14/h3-7,10-12H,8-9,13H2,1-2H3,(H,21,23)/b22-12+. The van der Waals surface area contributed by atoms with Gasteiger partial charge in [-0.3, -0.25) is 4.79 Å². The van der Waals surface area contributed by atoms with Crippen molar-refractivity contribution in [2.45, 2.75) is 6.42 Å². The van der Waals surface area contributed by atoms with E-state index in [-0.39, 0.29) is 12.5 Å². The van der Waals surface area contributed by atoms with E-state index in [4.69, 9.17) is 25.9 Å².